The second kappa shape index (κ2) is 10.7. The molecule has 0 radical (unpaired) electrons. The van der Waals surface area contributed by atoms with Gasteiger partial charge in [0.05, 0.1) is 31.6 Å². The summed E-state index contributed by atoms with van der Waals surface area (Å²) in [7, 11) is 0. The van der Waals surface area contributed by atoms with Gasteiger partial charge in [-0.1, -0.05) is 30.3 Å². The van der Waals surface area contributed by atoms with Crippen LogP contribution >= 0.6 is 0 Å². The van der Waals surface area contributed by atoms with Gasteiger partial charge in [-0.15, -0.1) is 0 Å². The number of anilines is 1. The summed E-state index contributed by atoms with van der Waals surface area (Å²) in [5.41, 5.74) is 3.48. The summed E-state index contributed by atoms with van der Waals surface area (Å²) in [5, 5.41) is 0. The van der Waals surface area contributed by atoms with Gasteiger partial charge in [0.15, 0.2) is 0 Å². The van der Waals surface area contributed by atoms with Crippen molar-refractivity contribution >= 4 is 17.6 Å². The van der Waals surface area contributed by atoms with Crippen LogP contribution in [0.5, 0.6) is 5.75 Å². The zero-order chi connectivity index (χ0) is 25.9. The Morgan fingerprint density at radius 3 is 2.38 bits per heavy atom. The van der Waals surface area contributed by atoms with E-state index >= 15 is 0 Å². The van der Waals surface area contributed by atoms with Crippen LogP contribution in [0.4, 0.5) is 14.5 Å². The molecule has 0 saturated carbocycles. The number of ether oxygens (including phenoxy) is 2. The van der Waals surface area contributed by atoms with Crippen molar-refractivity contribution in [3.8, 4) is 5.75 Å². The summed E-state index contributed by atoms with van der Waals surface area (Å²) in [6.45, 7) is 2.48. The van der Waals surface area contributed by atoms with Crippen molar-refractivity contribution in [1.82, 2.24) is 0 Å². The predicted molar refractivity (Wildman–Crippen MR) is 135 cm³/mol. The van der Waals surface area contributed by atoms with Gasteiger partial charge in [-0.3, -0.25) is 9.59 Å². The van der Waals surface area contributed by atoms with Crippen LogP contribution in [-0.4, -0.2) is 25.1 Å². The molecule has 0 spiro atoms. The number of carbonyl (C=O) groups is 2. The highest BCUT2D eigenvalue weighted by molar-refractivity contribution is 6.03. The summed E-state index contributed by atoms with van der Waals surface area (Å²) in [4.78, 5) is 27.2. The van der Waals surface area contributed by atoms with E-state index in [9.17, 15) is 18.4 Å². The maximum Gasteiger partial charge on any atom is 0.306 e. The maximum absolute atomic E-state index is 13.6. The lowest BCUT2D eigenvalue weighted by Crippen LogP contribution is -2.55. The fourth-order valence-corrected chi connectivity index (χ4v) is 5.41. The summed E-state index contributed by atoms with van der Waals surface area (Å²) in [6, 6.07) is 17.9. The molecule has 0 N–H and O–H groups in total. The smallest absolute Gasteiger partial charge is 0.306 e. The Morgan fingerprint density at radius 2 is 1.68 bits per heavy atom. The van der Waals surface area contributed by atoms with Crippen LogP contribution in [0.25, 0.3) is 0 Å². The van der Waals surface area contributed by atoms with E-state index in [0.29, 0.717) is 31.1 Å². The van der Waals surface area contributed by atoms with E-state index in [4.69, 9.17) is 9.47 Å². The van der Waals surface area contributed by atoms with E-state index in [1.54, 1.807) is 36.1 Å². The maximum atomic E-state index is 13.6. The molecule has 7 heteroatoms. The van der Waals surface area contributed by atoms with Crippen molar-refractivity contribution in [2.75, 3.05) is 18.1 Å². The minimum absolute atomic E-state index is 0.0191. The molecular weight excluding hydrogens is 476 g/mol. The molecule has 2 aliphatic heterocycles. The Hall–Kier alpha value is -3.74. The lowest BCUT2D eigenvalue weighted by atomic mass is 9.77. The van der Waals surface area contributed by atoms with Crippen molar-refractivity contribution in [2.45, 2.75) is 44.6 Å². The predicted octanol–water partition coefficient (Wildman–Crippen LogP) is 6.12. The number of hydrogen-bond acceptors (Lipinski definition) is 4. The third-order valence-electron chi connectivity index (χ3n) is 7.19. The van der Waals surface area contributed by atoms with Crippen LogP contribution in [-0.2, 0) is 20.7 Å². The number of aryl methyl sites for hydroxylation is 1. The number of esters is 1. The zero-order valence-corrected chi connectivity index (χ0v) is 20.7. The largest absolute Gasteiger partial charge is 0.492 e. The first-order chi connectivity index (χ1) is 18.0. The number of para-hydroxylation sites is 1. The van der Waals surface area contributed by atoms with E-state index in [2.05, 4.69) is 0 Å². The molecule has 2 heterocycles. The Bertz CT molecular complexity index is 1280. The van der Waals surface area contributed by atoms with E-state index in [1.807, 2.05) is 18.2 Å². The lowest BCUT2D eigenvalue weighted by Gasteiger charge is -2.48. The summed E-state index contributed by atoms with van der Waals surface area (Å²) < 4.78 is 38.1. The number of hydrogen-bond donors (Lipinski definition) is 0. The first-order valence-electron chi connectivity index (χ1n) is 12.7. The molecule has 3 atom stereocenters. The highest BCUT2D eigenvalue weighted by Crippen LogP contribution is 2.51. The third kappa shape index (κ3) is 5.08. The minimum Gasteiger partial charge on any atom is -0.492 e. The van der Waals surface area contributed by atoms with Crippen LogP contribution in [0.3, 0.4) is 0 Å². The normalized spacial score (nSPS) is 20.2. The highest BCUT2D eigenvalue weighted by atomic mass is 19.1. The molecule has 0 aromatic heterocycles. The van der Waals surface area contributed by atoms with Gasteiger partial charge in [-0.05, 0) is 68.1 Å². The summed E-state index contributed by atoms with van der Waals surface area (Å²) in [5.74, 6) is -0.591. The first kappa shape index (κ1) is 24.9. The van der Waals surface area contributed by atoms with E-state index in [0.717, 1.165) is 29.5 Å². The van der Waals surface area contributed by atoms with Crippen LogP contribution in [0, 0.1) is 17.6 Å². The summed E-state index contributed by atoms with van der Waals surface area (Å²) in [6.07, 6.45) is 2.38. The van der Waals surface area contributed by atoms with E-state index in [-0.39, 0.29) is 47.8 Å². The van der Waals surface area contributed by atoms with E-state index in [1.165, 1.54) is 24.3 Å². The Balaban J connectivity index is 1.41. The van der Waals surface area contributed by atoms with E-state index < -0.39 is 0 Å². The van der Waals surface area contributed by atoms with Gasteiger partial charge < -0.3 is 14.4 Å². The standard InChI is InChI=1S/C30H29F2NO4/c1-2-36-27(34)17-20-18-37-29-24(20)6-4-7-25(29)28-26(8-3-5-19-9-11-21(31)12-10-19)30(35)33(28)23-15-13-22(32)14-16-23/h4,6-7,9-16,20,26,28H,2-3,5,8,17-18H2,1H3. The Morgan fingerprint density at radius 1 is 1.00 bits per heavy atom. The van der Waals surface area contributed by atoms with Gasteiger partial charge in [-0.25, -0.2) is 8.78 Å². The third-order valence-corrected chi connectivity index (χ3v) is 7.19. The average molecular weight is 506 g/mol. The molecule has 3 aromatic rings. The fourth-order valence-electron chi connectivity index (χ4n) is 5.41. The molecule has 0 aliphatic carbocycles. The van der Waals surface area contributed by atoms with Crippen molar-refractivity contribution in [2.24, 2.45) is 5.92 Å². The van der Waals surface area contributed by atoms with Gasteiger partial charge in [0, 0.05) is 22.7 Å². The second-order valence-electron chi connectivity index (χ2n) is 9.54. The van der Waals surface area contributed by atoms with Gasteiger partial charge in [-0.2, -0.15) is 0 Å². The molecule has 1 amide bonds. The second-order valence-corrected chi connectivity index (χ2v) is 9.54. The molecular formula is C30H29F2NO4. The molecule has 37 heavy (non-hydrogen) atoms. The number of β-lactam (4-membered cyclic amide) rings is 1. The van der Waals surface area contributed by atoms with Crippen LogP contribution in [0.15, 0.2) is 66.7 Å². The zero-order valence-electron chi connectivity index (χ0n) is 20.7. The fraction of sp³-hybridized carbons (Fsp3) is 0.333. The molecule has 192 valence electrons. The topological polar surface area (TPSA) is 55.8 Å². The Labute approximate surface area is 215 Å². The first-order valence-corrected chi connectivity index (χ1v) is 12.7. The van der Waals surface area contributed by atoms with Gasteiger partial charge in [0.2, 0.25) is 5.91 Å². The highest BCUT2D eigenvalue weighted by Gasteiger charge is 2.50. The quantitative estimate of drug-likeness (QED) is 0.260. The molecule has 1 fully saturated rings. The lowest BCUT2D eigenvalue weighted by molar-refractivity contribution is -0.143. The van der Waals surface area contributed by atoms with Crippen molar-refractivity contribution in [3.05, 3.63) is 95.1 Å². The van der Waals surface area contributed by atoms with Crippen molar-refractivity contribution in [3.63, 3.8) is 0 Å². The monoisotopic (exact) mass is 505 g/mol. The number of halogens is 2. The Kier molecular flexibility index (Phi) is 7.22. The van der Waals surface area contributed by atoms with Crippen molar-refractivity contribution < 1.29 is 27.8 Å². The molecule has 3 aromatic carbocycles. The molecule has 0 bridgehead atoms. The van der Waals surface area contributed by atoms with Crippen molar-refractivity contribution in [1.29, 1.82) is 0 Å². The number of benzene rings is 3. The summed E-state index contributed by atoms with van der Waals surface area (Å²) >= 11 is 0. The molecule has 5 nitrogen and oxygen atoms in total. The van der Waals surface area contributed by atoms with Gasteiger partial charge >= 0.3 is 5.97 Å². The minimum atomic E-state index is -0.366. The number of fused-ring (bicyclic) bond motifs is 1. The van der Waals surface area contributed by atoms with Gasteiger partial charge in [0.1, 0.15) is 17.4 Å². The number of amides is 1. The molecule has 3 unspecified atom stereocenters. The molecule has 5 rings (SSSR count). The molecule has 2 aliphatic rings. The van der Waals surface area contributed by atoms with Crippen LogP contribution < -0.4 is 9.64 Å². The van der Waals surface area contributed by atoms with Crippen LogP contribution in [0.2, 0.25) is 0 Å². The number of carbonyl (C=O) groups excluding carboxylic acids is 2. The molecule has 1 saturated heterocycles. The number of rotatable bonds is 9. The average Bonchev–Trinajstić information content (AvgIpc) is 3.30. The number of nitrogens with zero attached hydrogens (tertiary/aromatic N) is 1. The van der Waals surface area contributed by atoms with Gasteiger partial charge in [0.25, 0.3) is 0 Å². The van der Waals surface area contributed by atoms with Crippen LogP contribution in [0.1, 0.15) is 54.8 Å². The SMILES string of the molecule is CCOC(=O)CC1COc2c1cccc2C1C(CCCc2ccc(F)cc2)C(=O)N1c1ccc(F)cc1.